The number of fused-ring (bicyclic) bond motifs is 1. The van der Waals surface area contributed by atoms with Crippen LogP contribution >= 0.6 is 15.9 Å². The number of anilines is 1. The van der Waals surface area contributed by atoms with Gasteiger partial charge in [0.15, 0.2) is 0 Å². The van der Waals surface area contributed by atoms with E-state index in [-0.39, 0.29) is 27.5 Å². The third-order valence-electron chi connectivity index (χ3n) is 5.76. The summed E-state index contributed by atoms with van der Waals surface area (Å²) in [5, 5.41) is 1.28. The van der Waals surface area contributed by atoms with E-state index in [1.165, 1.54) is 24.3 Å². The van der Waals surface area contributed by atoms with Crippen LogP contribution in [0.1, 0.15) is 36.7 Å². The molecule has 4 rings (SSSR count). The molecule has 3 amide bonds. The van der Waals surface area contributed by atoms with E-state index < -0.39 is 29.5 Å². The highest BCUT2D eigenvalue weighted by atomic mass is 79.9. The molecule has 0 saturated carbocycles. The van der Waals surface area contributed by atoms with Crippen LogP contribution in [0.4, 0.5) is 19.7 Å². The van der Waals surface area contributed by atoms with Gasteiger partial charge in [-0.25, -0.2) is 19.0 Å². The van der Waals surface area contributed by atoms with E-state index in [0.717, 1.165) is 12.1 Å². The highest BCUT2D eigenvalue weighted by Crippen LogP contribution is 2.35. The molecule has 0 atom stereocenters. The lowest BCUT2D eigenvalue weighted by molar-refractivity contribution is 0.0214. The molecule has 0 fully saturated rings. The van der Waals surface area contributed by atoms with E-state index in [0.29, 0.717) is 21.8 Å². The molecule has 4 aromatic rings. The number of carbonyl (C=O) groups is 3. The highest BCUT2D eigenvalue weighted by molar-refractivity contribution is 9.08. The lowest BCUT2D eigenvalue weighted by Crippen LogP contribution is -2.55. The zero-order chi connectivity index (χ0) is 29.0. The number of rotatable bonds is 4. The van der Waals surface area contributed by atoms with Gasteiger partial charge in [0.05, 0.1) is 29.6 Å². The number of pyridine rings is 1. The Morgan fingerprint density at radius 3 is 2.10 bits per heavy atom. The first-order valence-electron chi connectivity index (χ1n) is 12.3. The minimum absolute atomic E-state index is 0.0846. The molecule has 3 aromatic carbocycles. The van der Waals surface area contributed by atoms with Gasteiger partial charge in [0.2, 0.25) is 0 Å². The maximum absolute atomic E-state index is 15.5. The van der Waals surface area contributed by atoms with Crippen LogP contribution in [0.15, 0.2) is 78.9 Å². The van der Waals surface area contributed by atoms with Crippen molar-refractivity contribution in [2.75, 3.05) is 12.1 Å². The van der Waals surface area contributed by atoms with Gasteiger partial charge in [0.1, 0.15) is 11.4 Å². The summed E-state index contributed by atoms with van der Waals surface area (Å²) in [4.78, 5) is 46.1. The second-order valence-electron chi connectivity index (χ2n) is 9.66. The van der Waals surface area contributed by atoms with Gasteiger partial charge in [0, 0.05) is 21.8 Å². The lowest BCUT2D eigenvalue weighted by atomic mass is 9.96. The van der Waals surface area contributed by atoms with E-state index >= 15 is 4.39 Å². The standard InChI is InChI=1S/C30H27BrFN3O5/c1-30(2,3)40-29(38)35(34(28(37)39-4)20-14-9-6-10-15-20)27(36)24-21(18-31)26(19-12-7-5-8-13-19)33-23-17-11-16-22(32)25(23)24/h5-17H,18H2,1-4H3. The molecule has 1 aromatic heterocycles. The lowest BCUT2D eigenvalue weighted by Gasteiger charge is -2.34. The van der Waals surface area contributed by atoms with Crippen LogP contribution in [0.2, 0.25) is 0 Å². The maximum Gasteiger partial charge on any atom is 0.437 e. The molecule has 1 heterocycles. The van der Waals surface area contributed by atoms with Crippen LogP contribution in [-0.4, -0.2) is 40.8 Å². The fourth-order valence-corrected chi connectivity index (χ4v) is 4.68. The topological polar surface area (TPSA) is 89.0 Å². The Morgan fingerprint density at radius 1 is 0.900 bits per heavy atom. The molecular weight excluding hydrogens is 581 g/mol. The summed E-state index contributed by atoms with van der Waals surface area (Å²) in [5.74, 6) is -1.73. The average molecular weight is 608 g/mol. The number of para-hydroxylation sites is 1. The summed E-state index contributed by atoms with van der Waals surface area (Å²) in [7, 11) is 1.12. The molecule has 0 aliphatic rings. The Labute approximate surface area is 239 Å². The quantitative estimate of drug-likeness (QED) is 0.176. The molecule has 0 bridgehead atoms. The predicted octanol–water partition coefficient (Wildman–Crippen LogP) is 7.50. The van der Waals surface area contributed by atoms with Crippen LogP contribution in [0, 0.1) is 5.82 Å². The number of halogens is 2. The van der Waals surface area contributed by atoms with Crippen molar-refractivity contribution in [1.82, 2.24) is 9.99 Å². The Bertz CT molecular complexity index is 1560. The minimum Gasteiger partial charge on any atom is -0.451 e. The van der Waals surface area contributed by atoms with Gasteiger partial charge in [-0.15, -0.1) is 5.01 Å². The van der Waals surface area contributed by atoms with Crippen molar-refractivity contribution in [1.29, 1.82) is 0 Å². The Hall–Kier alpha value is -4.31. The molecule has 10 heteroatoms. The summed E-state index contributed by atoms with van der Waals surface area (Å²) in [6.45, 7) is 4.87. The van der Waals surface area contributed by atoms with Gasteiger partial charge in [-0.3, -0.25) is 4.79 Å². The number of ether oxygens (including phenoxy) is 2. The first kappa shape index (κ1) is 28.7. The van der Waals surface area contributed by atoms with E-state index in [2.05, 4.69) is 20.9 Å². The zero-order valence-electron chi connectivity index (χ0n) is 22.4. The number of hydrogen-bond donors (Lipinski definition) is 0. The summed E-state index contributed by atoms with van der Waals surface area (Å²) in [5.41, 5.74) is 0.556. The van der Waals surface area contributed by atoms with E-state index in [4.69, 9.17) is 9.47 Å². The predicted molar refractivity (Wildman–Crippen MR) is 153 cm³/mol. The molecule has 0 N–H and O–H groups in total. The molecule has 0 unspecified atom stereocenters. The molecular formula is C30H27BrFN3O5. The first-order valence-corrected chi connectivity index (χ1v) is 13.4. The number of alkyl halides is 1. The molecule has 0 aliphatic carbocycles. The maximum atomic E-state index is 15.5. The molecule has 0 aliphatic heterocycles. The number of hydrogen-bond acceptors (Lipinski definition) is 6. The number of hydrazine groups is 1. The molecule has 40 heavy (non-hydrogen) atoms. The average Bonchev–Trinajstić information content (AvgIpc) is 2.94. The van der Waals surface area contributed by atoms with Gasteiger partial charge in [-0.2, -0.15) is 5.01 Å². The Balaban J connectivity index is 2.06. The second-order valence-corrected chi connectivity index (χ2v) is 10.2. The van der Waals surface area contributed by atoms with Crippen molar-refractivity contribution in [2.45, 2.75) is 31.7 Å². The van der Waals surface area contributed by atoms with Crippen LogP contribution in [-0.2, 0) is 14.8 Å². The summed E-state index contributed by atoms with van der Waals surface area (Å²) in [6, 6.07) is 21.3. The number of amides is 3. The molecule has 206 valence electrons. The third-order valence-corrected chi connectivity index (χ3v) is 6.32. The smallest absolute Gasteiger partial charge is 0.437 e. The molecule has 8 nitrogen and oxygen atoms in total. The van der Waals surface area contributed by atoms with Crippen LogP contribution in [0.3, 0.4) is 0 Å². The van der Waals surface area contributed by atoms with Gasteiger partial charge >= 0.3 is 12.2 Å². The van der Waals surface area contributed by atoms with Gasteiger partial charge < -0.3 is 9.47 Å². The summed E-state index contributed by atoms with van der Waals surface area (Å²) in [6.07, 6.45) is -2.19. The van der Waals surface area contributed by atoms with Gasteiger partial charge in [-0.1, -0.05) is 70.5 Å². The summed E-state index contributed by atoms with van der Waals surface area (Å²) >= 11 is 3.44. The Kier molecular flexibility index (Phi) is 8.49. The SMILES string of the molecule is COC(=O)N(c1ccccc1)N(C(=O)OC(C)(C)C)C(=O)c1c(CBr)c(-c2ccccc2)nc2cccc(F)c12. The van der Waals surface area contributed by atoms with Gasteiger partial charge in [-0.05, 0) is 45.0 Å². The fourth-order valence-electron chi connectivity index (χ4n) is 4.14. The number of benzene rings is 3. The second kappa shape index (κ2) is 11.8. The first-order chi connectivity index (χ1) is 19.1. The third kappa shape index (κ3) is 5.81. The number of imide groups is 1. The minimum atomic E-state index is -1.16. The zero-order valence-corrected chi connectivity index (χ0v) is 23.9. The Morgan fingerprint density at radius 2 is 1.52 bits per heavy atom. The number of carbonyl (C=O) groups excluding carboxylic acids is 3. The van der Waals surface area contributed by atoms with Crippen LogP contribution in [0.25, 0.3) is 22.2 Å². The number of aromatic nitrogens is 1. The van der Waals surface area contributed by atoms with Crippen molar-refractivity contribution >= 4 is 50.6 Å². The van der Waals surface area contributed by atoms with Crippen LogP contribution < -0.4 is 5.01 Å². The molecule has 0 radical (unpaired) electrons. The molecule has 0 saturated heterocycles. The van der Waals surface area contributed by atoms with E-state index in [9.17, 15) is 14.4 Å². The highest BCUT2D eigenvalue weighted by Gasteiger charge is 2.40. The van der Waals surface area contributed by atoms with Crippen LogP contribution in [0.5, 0.6) is 0 Å². The number of nitrogens with zero attached hydrogens (tertiary/aromatic N) is 3. The van der Waals surface area contributed by atoms with Crippen molar-refractivity contribution in [3.8, 4) is 11.3 Å². The van der Waals surface area contributed by atoms with Gasteiger partial charge in [0.25, 0.3) is 5.91 Å². The number of methoxy groups -OCH3 is 1. The van der Waals surface area contributed by atoms with Crippen molar-refractivity contribution in [3.05, 3.63) is 95.8 Å². The normalized spacial score (nSPS) is 11.2. The van der Waals surface area contributed by atoms with E-state index in [1.54, 1.807) is 45.0 Å². The van der Waals surface area contributed by atoms with Crippen molar-refractivity contribution in [2.24, 2.45) is 0 Å². The fraction of sp³-hybridized carbons (Fsp3) is 0.200. The largest absolute Gasteiger partial charge is 0.451 e. The van der Waals surface area contributed by atoms with E-state index in [1.807, 2.05) is 30.3 Å². The summed E-state index contributed by atoms with van der Waals surface area (Å²) < 4.78 is 26.0. The monoisotopic (exact) mass is 607 g/mol. The molecule has 0 spiro atoms. The van der Waals surface area contributed by atoms with Crippen molar-refractivity contribution in [3.63, 3.8) is 0 Å². The van der Waals surface area contributed by atoms with Crippen molar-refractivity contribution < 1.29 is 28.2 Å².